The van der Waals surface area contributed by atoms with E-state index in [-0.39, 0.29) is 17.5 Å². The first-order chi connectivity index (χ1) is 12.5. The average Bonchev–Trinajstić information content (AvgIpc) is 3.05. The van der Waals surface area contributed by atoms with E-state index in [0.717, 1.165) is 15.8 Å². The molecule has 3 rings (SSSR count). The zero-order valence-corrected chi connectivity index (χ0v) is 17.3. The standard InChI is InChI=1S/C18H13BrCl2N2O2S/c19-12-6-4-11(5-7-12)8-13-9-22-18(26-13)23-16(24)10-25-15-3-1-2-14(20)17(15)21/h1-7,9H,8,10H2,(H,22,23,24). The monoisotopic (exact) mass is 470 g/mol. The van der Waals surface area contributed by atoms with Gasteiger partial charge in [0, 0.05) is 22.0 Å². The molecule has 1 aromatic heterocycles. The van der Waals surface area contributed by atoms with E-state index in [4.69, 9.17) is 27.9 Å². The predicted molar refractivity (Wildman–Crippen MR) is 110 cm³/mol. The third-order valence-electron chi connectivity index (χ3n) is 3.37. The lowest BCUT2D eigenvalue weighted by molar-refractivity contribution is -0.118. The van der Waals surface area contributed by atoms with Crippen molar-refractivity contribution < 1.29 is 9.53 Å². The third kappa shape index (κ3) is 5.20. The van der Waals surface area contributed by atoms with Gasteiger partial charge in [0.15, 0.2) is 11.7 Å². The fourth-order valence-corrected chi connectivity index (χ4v) is 3.62. The van der Waals surface area contributed by atoms with Gasteiger partial charge in [-0.05, 0) is 29.8 Å². The number of carbonyl (C=O) groups excluding carboxylic acids is 1. The second kappa shape index (κ2) is 8.86. The highest BCUT2D eigenvalue weighted by Crippen LogP contribution is 2.31. The minimum absolute atomic E-state index is 0.179. The molecule has 0 aliphatic carbocycles. The smallest absolute Gasteiger partial charge is 0.264 e. The normalized spacial score (nSPS) is 10.6. The number of hydrogen-bond donors (Lipinski definition) is 1. The Bertz CT molecular complexity index is 916. The summed E-state index contributed by atoms with van der Waals surface area (Å²) in [5.41, 5.74) is 1.17. The maximum absolute atomic E-state index is 12.0. The summed E-state index contributed by atoms with van der Waals surface area (Å²) < 4.78 is 6.45. The number of benzene rings is 2. The molecule has 0 radical (unpaired) electrons. The molecule has 0 saturated heterocycles. The molecule has 26 heavy (non-hydrogen) atoms. The quantitative estimate of drug-likeness (QED) is 0.492. The zero-order valence-electron chi connectivity index (χ0n) is 13.3. The molecule has 0 atom stereocenters. The Labute approximate surface area is 173 Å². The van der Waals surface area contributed by atoms with Gasteiger partial charge in [0.25, 0.3) is 5.91 Å². The molecule has 0 aliphatic rings. The summed E-state index contributed by atoms with van der Waals surface area (Å²) in [5, 5.41) is 3.91. The van der Waals surface area contributed by atoms with E-state index in [9.17, 15) is 4.79 Å². The summed E-state index contributed by atoms with van der Waals surface area (Å²) in [6.07, 6.45) is 2.52. The Balaban J connectivity index is 1.54. The van der Waals surface area contributed by atoms with E-state index in [0.29, 0.717) is 15.9 Å². The Morgan fingerprint density at radius 2 is 1.96 bits per heavy atom. The number of thiazole rings is 1. The number of ether oxygens (including phenoxy) is 1. The summed E-state index contributed by atoms with van der Waals surface area (Å²) in [7, 11) is 0. The van der Waals surface area contributed by atoms with Crippen molar-refractivity contribution in [2.75, 3.05) is 11.9 Å². The minimum atomic E-state index is -0.314. The molecule has 0 bridgehead atoms. The number of hydrogen-bond acceptors (Lipinski definition) is 4. The number of aromatic nitrogens is 1. The van der Waals surface area contributed by atoms with E-state index >= 15 is 0 Å². The molecule has 0 fully saturated rings. The SMILES string of the molecule is O=C(COc1cccc(Cl)c1Cl)Nc1ncc(Cc2ccc(Br)cc2)s1. The van der Waals surface area contributed by atoms with Gasteiger partial charge >= 0.3 is 0 Å². The molecule has 0 spiro atoms. The number of nitrogens with zero attached hydrogens (tertiary/aromatic N) is 1. The molecule has 0 unspecified atom stereocenters. The van der Waals surface area contributed by atoms with Crippen LogP contribution < -0.4 is 10.1 Å². The van der Waals surface area contributed by atoms with E-state index < -0.39 is 0 Å². The average molecular weight is 472 g/mol. The van der Waals surface area contributed by atoms with Crippen LogP contribution in [0.1, 0.15) is 10.4 Å². The van der Waals surface area contributed by atoms with Crippen LogP contribution in [-0.2, 0) is 11.2 Å². The maximum atomic E-state index is 12.0. The van der Waals surface area contributed by atoms with Crippen molar-refractivity contribution in [1.29, 1.82) is 0 Å². The molecule has 4 nitrogen and oxygen atoms in total. The Hall–Kier alpha value is -1.60. The van der Waals surface area contributed by atoms with Crippen molar-refractivity contribution >= 4 is 61.5 Å². The molecule has 0 saturated carbocycles. The van der Waals surface area contributed by atoms with Crippen molar-refractivity contribution in [3.8, 4) is 5.75 Å². The van der Waals surface area contributed by atoms with Crippen LogP contribution >= 0.6 is 50.5 Å². The number of rotatable bonds is 6. The van der Waals surface area contributed by atoms with Gasteiger partial charge in [-0.1, -0.05) is 57.3 Å². The van der Waals surface area contributed by atoms with Gasteiger partial charge in [-0.3, -0.25) is 10.1 Å². The molecule has 2 aromatic carbocycles. The largest absolute Gasteiger partial charge is 0.482 e. The molecular formula is C18H13BrCl2N2O2S. The number of anilines is 1. The fourth-order valence-electron chi connectivity index (χ4n) is 2.14. The van der Waals surface area contributed by atoms with Crippen LogP contribution in [0, 0.1) is 0 Å². The number of halogens is 3. The third-order valence-corrected chi connectivity index (χ3v) is 5.61. The maximum Gasteiger partial charge on any atom is 0.264 e. The van der Waals surface area contributed by atoms with Gasteiger partial charge in [-0.15, -0.1) is 11.3 Å². The highest BCUT2D eigenvalue weighted by molar-refractivity contribution is 9.10. The Morgan fingerprint density at radius 1 is 1.19 bits per heavy atom. The molecule has 134 valence electrons. The van der Waals surface area contributed by atoms with Gasteiger partial charge in [0.2, 0.25) is 0 Å². The molecule has 3 aromatic rings. The van der Waals surface area contributed by atoms with E-state index in [1.54, 1.807) is 24.4 Å². The fraction of sp³-hybridized carbons (Fsp3) is 0.111. The Morgan fingerprint density at radius 3 is 2.73 bits per heavy atom. The van der Waals surface area contributed by atoms with Crippen LogP contribution in [0.4, 0.5) is 5.13 Å². The number of carbonyl (C=O) groups is 1. The van der Waals surface area contributed by atoms with E-state index in [2.05, 4.69) is 26.2 Å². The van der Waals surface area contributed by atoms with E-state index in [1.807, 2.05) is 24.3 Å². The summed E-state index contributed by atoms with van der Waals surface area (Å²) in [6.45, 7) is -0.179. The summed E-state index contributed by atoms with van der Waals surface area (Å²) in [6, 6.07) is 13.1. The lowest BCUT2D eigenvalue weighted by Crippen LogP contribution is -2.20. The van der Waals surface area contributed by atoms with Crippen molar-refractivity contribution in [3.63, 3.8) is 0 Å². The second-order valence-electron chi connectivity index (χ2n) is 5.32. The zero-order chi connectivity index (χ0) is 18.5. The molecule has 1 amide bonds. The van der Waals surface area contributed by atoms with Crippen molar-refractivity contribution in [3.05, 3.63) is 73.6 Å². The van der Waals surface area contributed by atoms with Crippen LogP contribution in [0.25, 0.3) is 0 Å². The summed E-state index contributed by atoms with van der Waals surface area (Å²) >= 11 is 16.8. The highest BCUT2D eigenvalue weighted by atomic mass is 79.9. The van der Waals surface area contributed by atoms with Crippen LogP contribution in [0.2, 0.25) is 10.0 Å². The van der Waals surface area contributed by atoms with Gasteiger partial charge < -0.3 is 4.74 Å². The summed E-state index contributed by atoms with van der Waals surface area (Å²) in [4.78, 5) is 17.3. The topological polar surface area (TPSA) is 51.2 Å². The van der Waals surface area contributed by atoms with Crippen LogP contribution in [0.5, 0.6) is 5.75 Å². The molecule has 0 aliphatic heterocycles. The van der Waals surface area contributed by atoms with Gasteiger partial charge in [0.1, 0.15) is 10.8 Å². The predicted octanol–water partition coefficient (Wildman–Crippen LogP) is 5.82. The molecule has 8 heteroatoms. The molecular weight excluding hydrogens is 459 g/mol. The highest BCUT2D eigenvalue weighted by Gasteiger charge is 2.10. The first-order valence-electron chi connectivity index (χ1n) is 7.57. The van der Waals surface area contributed by atoms with Crippen molar-refractivity contribution in [2.45, 2.75) is 6.42 Å². The van der Waals surface area contributed by atoms with Crippen LogP contribution in [0.3, 0.4) is 0 Å². The van der Waals surface area contributed by atoms with E-state index in [1.165, 1.54) is 16.9 Å². The minimum Gasteiger partial charge on any atom is -0.482 e. The lowest BCUT2D eigenvalue weighted by Gasteiger charge is -2.08. The molecule has 1 N–H and O–H groups in total. The molecule has 1 heterocycles. The van der Waals surface area contributed by atoms with Gasteiger partial charge in [-0.25, -0.2) is 4.98 Å². The first-order valence-corrected chi connectivity index (χ1v) is 9.93. The lowest BCUT2D eigenvalue weighted by atomic mass is 10.1. The summed E-state index contributed by atoms with van der Waals surface area (Å²) in [5.74, 6) is 0.0509. The van der Waals surface area contributed by atoms with Crippen molar-refractivity contribution in [2.24, 2.45) is 0 Å². The number of nitrogens with one attached hydrogen (secondary N) is 1. The first kappa shape index (κ1) is 19.2. The van der Waals surface area contributed by atoms with Crippen LogP contribution in [-0.4, -0.2) is 17.5 Å². The van der Waals surface area contributed by atoms with Crippen LogP contribution in [0.15, 0.2) is 53.1 Å². The Kier molecular flexibility index (Phi) is 6.53. The van der Waals surface area contributed by atoms with Crippen molar-refractivity contribution in [1.82, 2.24) is 4.98 Å². The number of amides is 1. The second-order valence-corrected chi connectivity index (χ2v) is 8.14. The van der Waals surface area contributed by atoms with Gasteiger partial charge in [0.05, 0.1) is 5.02 Å². The van der Waals surface area contributed by atoms with Gasteiger partial charge in [-0.2, -0.15) is 0 Å².